The monoisotopic (exact) mass is 592 g/mol. The molecule has 1 fully saturated rings. The SMILES string of the molecule is CNC(=O)c1nnc(NC(=O)C2CC2)cc1Nc1cccc(-c2ccc(C(=O)N(C)Cc3cc(C#N)cnn3)nc2)c1OC. The third kappa shape index (κ3) is 6.57. The Labute approximate surface area is 252 Å². The van der Waals surface area contributed by atoms with E-state index in [2.05, 4.69) is 41.3 Å². The predicted molar refractivity (Wildman–Crippen MR) is 159 cm³/mol. The minimum atomic E-state index is -0.463. The van der Waals surface area contributed by atoms with E-state index in [0.717, 1.165) is 12.8 Å². The van der Waals surface area contributed by atoms with Gasteiger partial charge in [0.15, 0.2) is 11.5 Å². The first kappa shape index (κ1) is 29.5. The van der Waals surface area contributed by atoms with Gasteiger partial charge in [-0.05, 0) is 31.0 Å². The van der Waals surface area contributed by atoms with Crippen LogP contribution < -0.4 is 20.7 Å². The Kier molecular flexibility index (Phi) is 8.66. The van der Waals surface area contributed by atoms with Crippen molar-refractivity contribution >= 4 is 34.9 Å². The molecule has 3 aromatic heterocycles. The van der Waals surface area contributed by atoms with Gasteiger partial charge in [0.2, 0.25) is 5.91 Å². The second kappa shape index (κ2) is 12.9. The van der Waals surface area contributed by atoms with Gasteiger partial charge in [-0.3, -0.25) is 19.4 Å². The number of hydrogen-bond donors (Lipinski definition) is 3. The first-order valence-electron chi connectivity index (χ1n) is 13.6. The number of carbonyl (C=O) groups excluding carboxylic acids is 3. The largest absolute Gasteiger partial charge is 0.494 e. The van der Waals surface area contributed by atoms with E-state index in [0.29, 0.717) is 39.5 Å². The number of anilines is 3. The number of hydrogen-bond acceptors (Lipinski definition) is 11. The zero-order chi connectivity index (χ0) is 31.2. The molecule has 0 spiro atoms. The lowest BCUT2D eigenvalue weighted by Crippen LogP contribution is -2.27. The summed E-state index contributed by atoms with van der Waals surface area (Å²) in [6.07, 6.45) is 4.58. The van der Waals surface area contributed by atoms with Crippen LogP contribution in [0.25, 0.3) is 11.1 Å². The van der Waals surface area contributed by atoms with Crippen molar-refractivity contribution in [3.63, 3.8) is 0 Å². The molecule has 5 rings (SSSR count). The summed E-state index contributed by atoms with van der Waals surface area (Å²) < 4.78 is 5.76. The second-order valence-electron chi connectivity index (χ2n) is 9.99. The lowest BCUT2D eigenvalue weighted by atomic mass is 10.0. The van der Waals surface area contributed by atoms with E-state index in [-0.39, 0.29) is 41.5 Å². The molecule has 14 nitrogen and oxygen atoms in total. The Morgan fingerprint density at radius 2 is 1.89 bits per heavy atom. The van der Waals surface area contributed by atoms with Crippen molar-refractivity contribution in [2.75, 3.05) is 31.8 Å². The average molecular weight is 593 g/mol. The molecule has 0 bridgehead atoms. The maximum atomic E-state index is 13.0. The van der Waals surface area contributed by atoms with Gasteiger partial charge >= 0.3 is 0 Å². The number of amides is 3. The number of aromatic nitrogens is 5. The van der Waals surface area contributed by atoms with E-state index in [1.165, 1.54) is 25.3 Å². The molecular weight excluding hydrogens is 564 g/mol. The lowest BCUT2D eigenvalue weighted by molar-refractivity contribution is -0.117. The number of pyridine rings is 1. The minimum Gasteiger partial charge on any atom is -0.494 e. The number of nitrogens with zero attached hydrogens (tertiary/aromatic N) is 7. The van der Waals surface area contributed by atoms with Gasteiger partial charge in [-0.1, -0.05) is 18.2 Å². The van der Waals surface area contributed by atoms with Crippen LogP contribution in [0.1, 0.15) is 45.1 Å². The maximum absolute atomic E-state index is 13.0. The van der Waals surface area contributed by atoms with Crippen LogP contribution in [0.4, 0.5) is 17.2 Å². The highest BCUT2D eigenvalue weighted by Crippen LogP contribution is 2.38. The number of rotatable bonds is 10. The summed E-state index contributed by atoms with van der Waals surface area (Å²) in [7, 11) is 4.61. The van der Waals surface area contributed by atoms with Gasteiger partial charge in [-0.2, -0.15) is 15.5 Å². The summed E-state index contributed by atoms with van der Waals surface area (Å²) in [6, 6.07) is 13.9. The number of nitrogens with one attached hydrogen (secondary N) is 3. The number of benzene rings is 1. The number of para-hydroxylation sites is 1. The molecule has 0 aliphatic heterocycles. The normalized spacial score (nSPS) is 12.0. The molecule has 44 heavy (non-hydrogen) atoms. The zero-order valence-electron chi connectivity index (χ0n) is 24.2. The van der Waals surface area contributed by atoms with E-state index in [1.807, 2.05) is 12.1 Å². The predicted octanol–water partition coefficient (Wildman–Crippen LogP) is 2.93. The molecule has 1 aliphatic carbocycles. The topological polar surface area (TPSA) is 188 Å². The van der Waals surface area contributed by atoms with Gasteiger partial charge < -0.3 is 25.6 Å². The van der Waals surface area contributed by atoms with Crippen LogP contribution in [-0.4, -0.2) is 69.2 Å². The smallest absolute Gasteiger partial charge is 0.273 e. The number of nitriles is 1. The summed E-state index contributed by atoms with van der Waals surface area (Å²) in [5.74, 6) is -0.305. The minimum absolute atomic E-state index is 0.0309. The fourth-order valence-electron chi connectivity index (χ4n) is 4.38. The third-order valence-corrected chi connectivity index (χ3v) is 6.80. The van der Waals surface area contributed by atoms with E-state index in [1.54, 1.807) is 49.6 Å². The molecular formula is C30H28N10O4. The van der Waals surface area contributed by atoms with Crippen LogP contribution in [0, 0.1) is 17.2 Å². The first-order chi connectivity index (χ1) is 21.3. The fraction of sp³-hybridized carbons (Fsp3) is 0.233. The van der Waals surface area contributed by atoms with Crippen molar-refractivity contribution in [1.82, 2.24) is 35.6 Å². The van der Waals surface area contributed by atoms with Crippen molar-refractivity contribution in [3.05, 3.63) is 77.5 Å². The average Bonchev–Trinajstić information content (AvgIpc) is 3.90. The first-order valence-corrected chi connectivity index (χ1v) is 13.6. The molecule has 4 aromatic rings. The zero-order valence-corrected chi connectivity index (χ0v) is 24.2. The molecule has 222 valence electrons. The van der Waals surface area contributed by atoms with Crippen molar-refractivity contribution in [3.8, 4) is 22.9 Å². The molecule has 1 aromatic carbocycles. The van der Waals surface area contributed by atoms with Gasteiger partial charge in [-0.25, -0.2) is 0 Å². The second-order valence-corrected chi connectivity index (χ2v) is 9.99. The summed E-state index contributed by atoms with van der Waals surface area (Å²) in [5, 5.41) is 33.4. The van der Waals surface area contributed by atoms with Crippen LogP contribution in [0.5, 0.6) is 5.75 Å². The van der Waals surface area contributed by atoms with E-state index < -0.39 is 5.91 Å². The van der Waals surface area contributed by atoms with E-state index >= 15 is 0 Å². The van der Waals surface area contributed by atoms with Crippen LogP contribution in [-0.2, 0) is 11.3 Å². The summed E-state index contributed by atoms with van der Waals surface area (Å²) in [4.78, 5) is 43.7. The van der Waals surface area contributed by atoms with Crippen LogP contribution >= 0.6 is 0 Å². The molecule has 0 unspecified atom stereocenters. The standard InChI is InChI=1S/C30H28N10O4/c1-32-29(42)26-24(12-25(38-39-26)36-28(41)18-7-8-18)35-22-6-4-5-21(27(22)44-3)19-9-10-23(33-15-19)30(43)40(2)16-20-11-17(13-31)14-34-37-20/h4-6,9-12,14-15,18H,7-8,16H2,1-3H3,(H,32,42)(H2,35,36,38,41). The van der Waals surface area contributed by atoms with Gasteiger partial charge in [0, 0.05) is 43.4 Å². The molecule has 0 saturated heterocycles. The van der Waals surface area contributed by atoms with Gasteiger partial charge in [0.25, 0.3) is 11.8 Å². The Bertz CT molecular complexity index is 1770. The molecule has 0 atom stereocenters. The van der Waals surface area contributed by atoms with Crippen molar-refractivity contribution in [2.45, 2.75) is 19.4 Å². The summed E-state index contributed by atoms with van der Waals surface area (Å²) in [5.41, 5.74) is 3.26. The molecule has 3 heterocycles. The quantitative estimate of drug-likeness (QED) is 0.246. The van der Waals surface area contributed by atoms with E-state index in [9.17, 15) is 14.4 Å². The maximum Gasteiger partial charge on any atom is 0.273 e. The molecule has 1 saturated carbocycles. The molecule has 3 amide bonds. The van der Waals surface area contributed by atoms with Gasteiger partial charge in [0.1, 0.15) is 17.5 Å². The highest BCUT2D eigenvalue weighted by atomic mass is 16.5. The number of carbonyl (C=O) groups is 3. The molecule has 1 aliphatic rings. The van der Waals surface area contributed by atoms with Gasteiger partial charge in [-0.15, -0.1) is 10.2 Å². The summed E-state index contributed by atoms with van der Waals surface area (Å²) >= 11 is 0. The molecule has 0 radical (unpaired) electrons. The Morgan fingerprint density at radius 3 is 2.57 bits per heavy atom. The lowest BCUT2D eigenvalue weighted by Gasteiger charge is -2.18. The van der Waals surface area contributed by atoms with Crippen LogP contribution in [0.15, 0.2) is 54.9 Å². The highest BCUT2D eigenvalue weighted by molar-refractivity contribution is 6.00. The van der Waals surface area contributed by atoms with Crippen molar-refractivity contribution < 1.29 is 19.1 Å². The van der Waals surface area contributed by atoms with Crippen molar-refractivity contribution in [2.24, 2.45) is 5.92 Å². The molecule has 14 heteroatoms. The van der Waals surface area contributed by atoms with Crippen LogP contribution in [0.3, 0.4) is 0 Å². The summed E-state index contributed by atoms with van der Waals surface area (Å²) in [6.45, 7) is 0.153. The Hall–Kier alpha value is -5.97. The van der Waals surface area contributed by atoms with Crippen LogP contribution in [0.2, 0.25) is 0 Å². The number of methoxy groups -OCH3 is 1. The van der Waals surface area contributed by atoms with Gasteiger partial charge in [0.05, 0.1) is 42.5 Å². The van der Waals surface area contributed by atoms with E-state index in [4.69, 9.17) is 10.00 Å². The Balaban J connectivity index is 1.38. The molecule has 3 N–H and O–H groups in total. The third-order valence-electron chi connectivity index (χ3n) is 6.80. The Morgan fingerprint density at radius 1 is 1.07 bits per heavy atom. The van der Waals surface area contributed by atoms with Crippen molar-refractivity contribution in [1.29, 1.82) is 5.26 Å². The highest BCUT2D eigenvalue weighted by Gasteiger charge is 2.30. The number of ether oxygens (including phenoxy) is 1. The fourth-order valence-corrected chi connectivity index (χ4v) is 4.38.